The summed E-state index contributed by atoms with van der Waals surface area (Å²) in [5, 5.41) is 5.75. The Hall–Kier alpha value is -7.22. The van der Waals surface area contributed by atoms with Gasteiger partial charge in [-0.15, -0.1) is 0 Å². The zero-order chi connectivity index (χ0) is 43.5. The molecule has 0 N–H and O–H groups in total. The van der Waals surface area contributed by atoms with Crippen LogP contribution >= 0.6 is 0 Å². The molecule has 0 unspecified atom stereocenters. The van der Waals surface area contributed by atoms with Crippen LogP contribution in [0.4, 0.5) is 17.1 Å². The zero-order valence-electron chi connectivity index (χ0n) is 37.7. The average Bonchev–Trinajstić information content (AvgIpc) is 3.33. The van der Waals surface area contributed by atoms with Crippen molar-refractivity contribution in [2.45, 2.75) is 0 Å². The van der Waals surface area contributed by atoms with E-state index in [1.807, 2.05) is 103 Å². The monoisotopic (exact) mass is 707 g/mol. The zero-order valence-corrected chi connectivity index (χ0v) is 29.7. The van der Waals surface area contributed by atoms with Gasteiger partial charge in [0.05, 0.1) is 11.0 Å². The Bertz CT molecular complexity index is 3370. The summed E-state index contributed by atoms with van der Waals surface area (Å²) in [6.07, 6.45) is 0. The predicted molar refractivity (Wildman–Crippen MR) is 235 cm³/mol. The van der Waals surface area contributed by atoms with E-state index in [4.69, 9.17) is 0 Å². The molecule has 0 atom stereocenters. The highest BCUT2D eigenvalue weighted by Crippen LogP contribution is 2.42. The van der Waals surface area contributed by atoms with Gasteiger partial charge in [-0.2, -0.15) is 0 Å². The summed E-state index contributed by atoms with van der Waals surface area (Å²) < 4.78 is 76.0. The highest BCUT2D eigenvalue weighted by Gasteiger charge is 2.17. The van der Waals surface area contributed by atoms with Gasteiger partial charge in [-0.05, 0) is 119 Å². The van der Waals surface area contributed by atoms with E-state index in [2.05, 4.69) is 36.4 Å². The van der Waals surface area contributed by atoms with Crippen LogP contribution in [0, 0.1) is 0 Å². The van der Waals surface area contributed by atoms with E-state index in [0.717, 1.165) is 54.6 Å². The summed E-state index contributed by atoms with van der Waals surface area (Å²) >= 11 is 0. The fraction of sp³-hybridized carbons (Fsp3) is 0. The molecule has 0 aliphatic carbocycles. The summed E-state index contributed by atoms with van der Waals surface area (Å²) in [5.74, 6) is 0. The molecule has 0 fully saturated rings. The lowest BCUT2D eigenvalue weighted by Crippen LogP contribution is -2.09. The number of hydrogen-bond donors (Lipinski definition) is 0. The van der Waals surface area contributed by atoms with Gasteiger partial charge in [-0.3, -0.25) is 0 Å². The summed E-state index contributed by atoms with van der Waals surface area (Å²) in [6, 6.07) is 53.5. The molecule has 258 valence electrons. The molecule has 0 saturated carbocycles. The van der Waals surface area contributed by atoms with Crippen molar-refractivity contribution >= 4 is 49.4 Å². The molecule has 10 rings (SSSR count). The van der Waals surface area contributed by atoms with Gasteiger partial charge in [-0.1, -0.05) is 182 Å². The Kier molecular flexibility index (Phi) is 6.33. The van der Waals surface area contributed by atoms with Crippen molar-refractivity contribution in [2.24, 2.45) is 0 Å². The number of nitrogens with zero attached hydrogens (tertiary/aromatic N) is 1. The first kappa shape index (κ1) is 24.9. The van der Waals surface area contributed by atoms with Crippen LogP contribution in [0.1, 0.15) is 11.0 Å². The standard InChI is InChI=1S/C54H37N/c1-3-13-38(14-4-1)39-23-30-45(31-24-39)55(47-34-27-42(28-35-47)53-37-44-18-8-9-19-48(44)51-21-11-12-22-52(51)53)46-32-25-41(26-33-46)50-36-29-40-15-7-10-20-49(40)54(50)43-16-5-2-6-17-43/h1-37H/i23D,24D,27D,28D,30D,31D,34D,35D. The highest BCUT2D eigenvalue weighted by molar-refractivity contribution is 6.13. The minimum Gasteiger partial charge on any atom is -0.311 e. The summed E-state index contributed by atoms with van der Waals surface area (Å²) in [4.78, 5) is 1.36. The molecule has 0 aliphatic rings. The Morgan fingerprint density at radius 2 is 0.818 bits per heavy atom. The summed E-state index contributed by atoms with van der Waals surface area (Å²) in [7, 11) is 0. The third kappa shape index (κ3) is 6.02. The third-order valence-electron chi connectivity index (χ3n) is 10.2. The minimum absolute atomic E-state index is 0.118. The SMILES string of the molecule is [2H]c1c([2H])c(N(c2ccc(-c3ccc4ccccc4c3-c3ccccc3)cc2)c2c([2H])c([2H])c(-c3cc4ccccc4c4ccccc34)c([2H])c2[2H])c([2H])c([2H])c1-c1ccccc1. The fourth-order valence-electron chi connectivity index (χ4n) is 7.57. The van der Waals surface area contributed by atoms with Crippen LogP contribution in [0.5, 0.6) is 0 Å². The lowest BCUT2D eigenvalue weighted by Gasteiger charge is -2.26. The van der Waals surface area contributed by atoms with Crippen molar-refractivity contribution in [3.8, 4) is 44.5 Å². The van der Waals surface area contributed by atoms with Crippen LogP contribution in [0.3, 0.4) is 0 Å². The first-order valence-electron chi connectivity index (χ1n) is 22.3. The van der Waals surface area contributed by atoms with Crippen LogP contribution in [0.2, 0.25) is 0 Å². The quantitative estimate of drug-likeness (QED) is 0.149. The number of anilines is 3. The molecular weight excluding hydrogens is 663 g/mol. The minimum atomic E-state index is -0.391. The van der Waals surface area contributed by atoms with Crippen LogP contribution in [-0.4, -0.2) is 0 Å². The van der Waals surface area contributed by atoms with E-state index in [1.165, 1.54) is 4.90 Å². The van der Waals surface area contributed by atoms with Crippen LogP contribution in [0.15, 0.2) is 224 Å². The van der Waals surface area contributed by atoms with E-state index in [9.17, 15) is 11.0 Å². The molecular formula is C54H37N. The van der Waals surface area contributed by atoms with Crippen molar-refractivity contribution in [1.82, 2.24) is 0 Å². The second kappa shape index (κ2) is 14.0. The third-order valence-corrected chi connectivity index (χ3v) is 10.2. The smallest absolute Gasteiger partial charge is 0.0645 e. The van der Waals surface area contributed by atoms with Gasteiger partial charge >= 0.3 is 0 Å². The number of benzene rings is 10. The van der Waals surface area contributed by atoms with Gasteiger partial charge in [0, 0.05) is 17.1 Å². The van der Waals surface area contributed by atoms with E-state index < -0.39 is 12.1 Å². The molecule has 0 radical (unpaired) electrons. The maximum Gasteiger partial charge on any atom is 0.0645 e. The molecule has 0 bridgehead atoms. The highest BCUT2D eigenvalue weighted by atomic mass is 15.1. The van der Waals surface area contributed by atoms with E-state index in [1.54, 1.807) is 36.4 Å². The van der Waals surface area contributed by atoms with Crippen molar-refractivity contribution in [1.29, 1.82) is 0 Å². The Labute approximate surface area is 333 Å². The molecule has 0 heterocycles. The number of rotatable bonds is 7. The number of fused-ring (bicyclic) bond motifs is 4. The van der Waals surface area contributed by atoms with Crippen molar-refractivity contribution < 1.29 is 11.0 Å². The van der Waals surface area contributed by atoms with Gasteiger partial charge in [-0.25, -0.2) is 0 Å². The van der Waals surface area contributed by atoms with Gasteiger partial charge < -0.3 is 4.90 Å². The maximum atomic E-state index is 9.68. The lowest BCUT2D eigenvalue weighted by molar-refractivity contribution is 1.28. The van der Waals surface area contributed by atoms with Crippen molar-refractivity contribution in [3.63, 3.8) is 0 Å². The maximum absolute atomic E-state index is 9.68. The molecule has 55 heavy (non-hydrogen) atoms. The second-order valence-corrected chi connectivity index (χ2v) is 13.5. The average molecular weight is 708 g/mol. The predicted octanol–water partition coefficient (Wildman–Crippen LogP) is 15.3. The lowest BCUT2D eigenvalue weighted by atomic mass is 9.90. The Morgan fingerprint density at radius 1 is 0.291 bits per heavy atom. The molecule has 0 saturated heterocycles. The molecule has 10 aromatic rings. The van der Waals surface area contributed by atoms with E-state index in [-0.39, 0.29) is 58.8 Å². The molecule has 0 spiro atoms. The molecule has 0 aromatic heterocycles. The fourth-order valence-corrected chi connectivity index (χ4v) is 7.57. The molecule has 1 nitrogen and oxygen atoms in total. The van der Waals surface area contributed by atoms with Crippen molar-refractivity contribution in [3.05, 3.63) is 224 Å². The molecule has 1 heteroatoms. The van der Waals surface area contributed by atoms with E-state index in [0.29, 0.717) is 16.8 Å². The Morgan fingerprint density at radius 3 is 1.49 bits per heavy atom. The van der Waals surface area contributed by atoms with Crippen LogP contribution in [0.25, 0.3) is 76.8 Å². The first-order valence-corrected chi connectivity index (χ1v) is 18.3. The van der Waals surface area contributed by atoms with E-state index >= 15 is 0 Å². The molecule has 0 aliphatic heterocycles. The van der Waals surface area contributed by atoms with Crippen molar-refractivity contribution in [2.75, 3.05) is 4.90 Å². The van der Waals surface area contributed by atoms with Crippen LogP contribution in [-0.2, 0) is 0 Å². The van der Waals surface area contributed by atoms with Gasteiger partial charge in [0.15, 0.2) is 0 Å². The second-order valence-electron chi connectivity index (χ2n) is 13.5. The van der Waals surface area contributed by atoms with Gasteiger partial charge in [0.2, 0.25) is 0 Å². The Balaban J connectivity index is 1.22. The largest absolute Gasteiger partial charge is 0.311 e. The number of hydrogen-bond acceptors (Lipinski definition) is 1. The molecule has 10 aromatic carbocycles. The first-order chi connectivity index (χ1) is 30.6. The summed E-state index contributed by atoms with van der Waals surface area (Å²) in [6.45, 7) is 0. The molecule has 0 amide bonds. The van der Waals surface area contributed by atoms with Crippen LogP contribution < -0.4 is 4.90 Å². The normalized spacial score (nSPS) is 13.3. The topological polar surface area (TPSA) is 3.24 Å². The van der Waals surface area contributed by atoms with Gasteiger partial charge in [0.1, 0.15) is 0 Å². The summed E-state index contributed by atoms with van der Waals surface area (Å²) in [5.41, 5.74) is 5.15. The van der Waals surface area contributed by atoms with Gasteiger partial charge in [0.25, 0.3) is 0 Å².